The highest BCUT2D eigenvalue weighted by atomic mass is 16.2. The Morgan fingerprint density at radius 2 is 1.79 bits per heavy atom. The van der Waals surface area contributed by atoms with Crippen LogP contribution in [0.2, 0.25) is 0 Å². The average molecular weight is 269 g/mol. The van der Waals surface area contributed by atoms with E-state index in [4.69, 9.17) is 5.73 Å². The highest BCUT2D eigenvalue weighted by molar-refractivity contribution is 5.76. The van der Waals surface area contributed by atoms with Crippen LogP contribution in [0, 0.1) is 11.8 Å². The zero-order chi connectivity index (χ0) is 14.6. The second kappa shape index (κ2) is 7.25. The average Bonchev–Trinajstić information content (AvgIpc) is 2.33. The van der Waals surface area contributed by atoms with Crippen molar-refractivity contribution in [2.24, 2.45) is 17.6 Å². The molecular formula is C15H31N3O. The lowest BCUT2D eigenvalue weighted by molar-refractivity contribution is -0.136. The van der Waals surface area contributed by atoms with Crippen LogP contribution in [-0.2, 0) is 4.79 Å². The van der Waals surface area contributed by atoms with Gasteiger partial charge >= 0.3 is 0 Å². The second-order valence-electron chi connectivity index (χ2n) is 6.60. The predicted molar refractivity (Wildman–Crippen MR) is 79.9 cm³/mol. The molecule has 0 spiro atoms. The van der Waals surface area contributed by atoms with Crippen molar-refractivity contribution in [1.82, 2.24) is 9.80 Å². The molecule has 1 rings (SSSR count). The Balaban J connectivity index is 2.53. The van der Waals surface area contributed by atoms with Crippen molar-refractivity contribution < 1.29 is 4.79 Å². The van der Waals surface area contributed by atoms with Crippen molar-refractivity contribution in [3.8, 4) is 0 Å². The van der Waals surface area contributed by atoms with Crippen LogP contribution in [0.25, 0.3) is 0 Å². The Hall–Kier alpha value is -0.610. The molecule has 0 aromatic rings. The van der Waals surface area contributed by atoms with Crippen LogP contribution < -0.4 is 5.73 Å². The van der Waals surface area contributed by atoms with Crippen molar-refractivity contribution in [2.45, 2.75) is 52.6 Å². The van der Waals surface area contributed by atoms with Gasteiger partial charge in [-0.3, -0.25) is 9.69 Å². The van der Waals surface area contributed by atoms with Gasteiger partial charge in [-0.1, -0.05) is 13.8 Å². The third kappa shape index (κ3) is 4.77. The summed E-state index contributed by atoms with van der Waals surface area (Å²) in [5.74, 6) is 1.22. The summed E-state index contributed by atoms with van der Waals surface area (Å²) in [5.41, 5.74) is 5.80. The van der Waals surface area contributed by atoms with Gasteiger partial charge in [-0.15, -0.1) is 0 Å². The van der Waals surface area contributed by atoms with Crippen LogP contribution in [0.3, 0.4) is 0 Å². The summed E-state index contributed by atoms with van der Waals surface area (Å²) in [6.45, 7) is 11.1. The summed E-state index contributed by atoms with van der Waals surface area (Å²) in [4.78, 5) is 16.8. The van der Waals surface area contributed by atoms with E-state index in [-0.39, 0.29) is 5.91 Å². The van der Waals surface area contributed by atoms with Crippen LogP contribution in [0.15, 0.2) is 0 Å². The molecule has 1 aliphatic heterocycles. The van der Waals surface area contributed by atoms with Crippen molar-refractivity contribution in [2.75, 3.05) is 26.7 Å². The van der Waals surface area contributed by atoms with E-state index in [9.17, 15) is 4.79 Å². The quantitative estimate of drug-likeness (QED) is 0.824. The van der Waals surface area contributed by atoms with E-state index in [0.29, 0.717) is 36.9 Å². The minimum absolute atomic E-state index is 0.280. The normalized spacial score (nSPS) is 26.8. The first kappa shape index (κ1) is 16.4. The SMILES string of the molecule is CC(C)C[C@H](CN)CC(=O)N1CC(C)N(C)C(C)C1. The number of hydrogen-bond donors (Lipinski definition) is 1. The van der Waals surface area contributed by atoms with Gasteiger partial charge in [0.15, 0.2) is 0 Å². The highest BCUT2D eigenvalue weighted by Crippen LogP contribution is 2.19. The molecule has 0 aromatic carbocycles. The molecule has 0 aromatic heterocycles. The molecule has 1 heterocycles. The number of piperazine rings is 1. The minimum Gasteiger partial charge on any atom is -0.340 e. The van der Waals surface area contributed by atoms with Crippen molar-refractivity contribution >= 4 is 5.91 Å². The standard InChI is InChI=1S/C15H31N3O/c1-11(2)6-14(8-16)7-15(19)18-9-12(3)17(5)13(4)10-18/h11-14H,6-10,16H2,1-5H3/t12?,13?,14-/m0/s1. The Morgan fingerprint density at radius 3 is 2.21 bits per heavy atom. The largest absolute Gasteiger partial charge is 0.340 e. The van der Waals surface area contributed by atoms with E-state index in [0.717, 1.165) is 19.5 Å². The van der Waals surface area contributed by atoms with Gasteiger partial charge < -0.3 is 10.6 Å². The van der Waals surface area contributed by atoms with Gasteiger partial charge in [-0.05, 0) is 45.7 Å². The Morgan fingerprint density at radius 1 is 1.26 bits per heavy atom. The number of rotatable bonds is 5. The molecule has 0 bridgehead atoms. The molecule has 4 nitrogen and oxygen atoms in total. The Kier molecular flexibility index (Phi) is 6.27. The predicted octanol–water partition coefficient (Wildman–Crippen LogP) is 1.55. The highest BCUT2D eigenvalue weighted by Gasteiger charge is 2.30. The van der Waals surface area contributed by atoms with Crippen LogP contribution >= 0.6 is 0 Å². The molecule has 1 aliphatic rings. The monoisotopic (exact) mass is 269 g/mol. The third-order valence-electron chi connectivity index (χ3n) is 4.31. The van der Waals surface area contributed by atoms with E-state index < -0.39 is 0 Å². The van der Waals surface area contributed by atoms with Gasteiger partial charge in [0.25, 0.3) is 0 Å². The molecule has 0 saturated carbocycles. The molecule has 19 heavy (non-hydrogen) atoms. The smallest absolute Gasteiger partial charge is 0.223 e. The van der Waals surface area contributed by atoms with Crippen LogP contribution in [0.4, 0.5) is 0 Å². The molecule has 2 N–H and O–H groups in total. The summed E-state index contributed by atoms with van der Waals surface area (Å²) in [6, 6.07) is 0.878. The molecule has 0 radical (unpaired) electrons. The maximum Gasteiger partial charge on any atom is 0.223 e. The Bertz CT molecular complexity index is 281. The van der Waals surface area contributed by atoms with Gasteiger partial charge in [0, 0.05) is 31.6 Å². The number of nitrogens with zero attached hydrogens (tertiary/aromatic N) is 2. The van der Waals surface area contributed by atoms with Crippen LogP contribution in [0.5, 0.6) is 0 Å². The fraction of sp³-hybridized carbons (Fsp3) is 0.933. The van der Waals surface area contributed by atoms with E-state index in [2.05, 4.69) is 39.6 Å². The third-order valence-corrected chi connectivity index (χ3v) is 4.31. The van der Waals surface area contributed by atoms with E-state index in [1.165, 1.54) is 0 Å². The fourth-order valence-corrected chi connectivity index (χ4v) is 2.91. The van der Waals surface area contributed by atoms with Crippen molar-refractivity contribution in [3.05, 3.63) is 0 Å². The number of amides is 1. The maximum atomic E-state index is 12.4. The molecule has 0 aliphatic carbocycles. The fourth-order valence-electron chi connectivity index (χ4n) is 2.91. The Labute approximate surface area is 118 Å². The number of carbonyl (C=O) groups excluding carboxylic acids is 1. The second-order valence-corrected chi connectivity index (χ2v) is 6.60. The van der Waals surface area contributed by atoms with Crippen LogP contribution in [0.1, 0.15) is 40.5 Å². The lowest BCUT2D eigenvalue weighted by Gasteiger charge is -2.42. The number of likely N-dealkylation sites (N-methyl/N-ethyl adjacent to an activating group) is 1. The lowest BCUT2D eigenvalue weighted by atomic mass is 9.93. The number of nitrogens with two attached hydrogens (primary N) is 1. The summed E-state index contributed by atoms with van der Waals surface area (Å²) in [6.07, 6.45) is 1.65. The number of carbonyl (C=O) groups is 1. The topological polar surface area (TPSA) is 49.6 Å². The molecule has 1 saturated heterocycles. The summed E-state index contributed by atoms with van der Waals surface area (Å²) < 4.78 is 0. The number of hydrogen-bond acceptors (Lipinski definition) is 3. The van der Waals surface area contributed by atoms with Crippen LogP contribution in [-0.4, -0.2) is 54.5 Å². The molecule has 1 amide bonds. The zero-order valence-corrected chi connectivity index (χ0v) is 13.2. The minimum atomic E-state index is 0.280. The lowest BCUT2D eigenvalue weighted by Crippen LogP contribution is -2.56. The summed E-state index contributed by atoms with van der Waals surface area (Å²) in [5, 5.41) is 0. The van der Waals surface area contributed by atoms with Gasteiger partial charge in [-0.2, -0.15) is 0 Å². The summed E-state index contributed by atoms with van der Waals surface area (Å²) >= 11 is 0. The van der Waals surface area contributed by atoms with Crippen molar-refractivity contribution in [1.29, 1.82) is 0 Å². The van der Waals surface area contributed by atoms with Gasteiger partial charge in [-0.25, -0.2) is 0 Å². The molecular weight excluding hydrogens is 238 g/mol. The van der Waals surface area contributed by atoms with Gasteiger partial charge in [0.05, 0.1) is 0 Å². The first-order valence-corrected chi connectivity index (χ1v) is 7.54. The zero-order valence-electron chi connectivity index (χ0n) is 13.2. The van der Waals surface area contributed by atoms with E-state index in [1.807, 2.05) is 4.90 Å². The van der Waals surface area contributed by atoms with Gasteiger partial charge in [0.1, 0.15) is 0 Å². The van der Waals surface area contributed by atoms with Gasteiger partial charge in [0.2, 0.25) is 5.91 Å². The summed E-state index contributed by atoms with van der Waals surface area (Å²) in [7, 11) is 2.14. The molecule has 112 valence electrons. The molecule has 2 unspecified atom stereocenters. The first-order valence-electron chi connectivity index (χ1n) is 7.54. The van der Waals surface area contributed by atoms with E-state index in [1.54, 1.807) is 0 Å². The van der Waals surface area contributed by atoms with E-state index >= 15 is 0 Å². The molecule has 1 fully saturated rings. The molecule has 3 atom stereocenters. The first-order chi connectivity index (χ1) is 8.85. The maximum absolute atomic E-state index is 12.4. The molecule has 4 heteroatoms. The van der Waals surface area contributed by atoms with Crippen molar-refractivity contribution in [3.63, 3.8) is 0 Å².